The standard InChI is InChI=1S/C12H17NO/c1-9-8-13-12(5-2-3-6-12)10-4-7-14-11(9)10/h4,7,9,13H,2-3,5-6,8H2,1H3. The van der Waals surface area contributed by atoms with Crippen LogP contribution in [-0.2, 0) is 5.54 Å². The van der Waals surface area contributed by atoms with E-state index in [1.165, 1.54) is 37.0 Å². The van der Waals surface area contributed by atoms with E-state index >= 15 is 0 Å². The number of fused-ring (bicyclic) bond motifs is 2. The van der Waals surface area contributed by atoms with Crippen LogP contribution in [0.2, 0.25) is 0 Å². The average molecular weight is 191 g/mol. The highest BCUT2D eigenvalue weighted by molar-refractivity contribution is 5.33. The van der Waals surface area contributed by atoms with Gasteiger partial charge in [0.2, 0.25) is 0 Å². The van der Waals surface area contributed by atoms with Crippen molar-refractivity contribution in [2.45, 2.75) is 44.1 Å². The van der Waals surface area contributed by atoms with E-state index in [9.17, 15) is 0 Å². The minimum absolute atomic E-state index is 0.273. The van der Waals surface area contributed by atoms with E-state index < -0.39 is 0 Å². The van der Waals surface area contributed by atoms with Gasteiger partial charge in [0.15, 0.2) is 0 Å². The molecule has 2 heteroatoms. The molecule has 0 bridgehead atoms. The van der Waals surface area contributed by atoms with Crippen molar-refractivity contribution in [2.75, 3.05) is 6.54 Å². The van der Waals surface area contributed by atoms with Gasteiger partial charge in [-0.3, -0.25) is 0 Å². The third-order valence-electron chi connectivity index (χ3n) is 3.86. The zero-order valence-electron chi connectivity index (χ0n) is 8.68. The molecule has 1 spiro atoms. The van der Waals surface area contributed by atoms with Crippen molar-refractivity contribution in [3.63, 3.8) is 0 Å². The Labute approximate surface area is 84.7 Å². The van der Waals surface area contributed by atoms with E-state index in [2.05, 4.69) is 18.3 Å². The molecule has 1 aliphatic carbocycles. The molecule has 1 N–H and O–H groups in total. The maximum Gasteiger partial charge on any atom is 0.112 e. The van der Waals surface area contributed by atoms with Crippen molar-refractivity contribution >= 4 is 0 Å². The first kappa shape index (κ1) is 8.54. The van der Waals surface area contributed by atoms with Gasteiger partial charge in [0, 0.05) is 23.6 Å². The van der Waals surface area contributed by atoms with Crippen LogP contribution in [0.1, 0.15) is 49.8 Å². The Morgan fingerprint density at radius 2 is 2.21 bits per heavy atom. The van der Waals surface area contributed by atoms with Crippen molar-refractivity contribution in [2.24, 2.45) is 0 Å². The second kappa shape index (κ2) is 2.86. The molecule has 0 aromatic carbocycles. The molecule has 0 radical (unpaired) electrons. The molecule has 1 aromatic rings. The Kier molecular flexibility index (Phi) is 1.75. The van der Waals surface area contributed by atoms with Crippen LogP contribution in [0.5, 0.6) is 0 Å². The van der Waals surface area contributed by atoms with Gasteiger partial charge in [0.25, 0.3) is 0 Å². The zero-order valence-corrected chi connectivity index (χ0v) is 8.68. The van der Waals surface area contributed by atoms with Gasteiger partial charge in [-0.25, -0.2) is 0 Å². The lowest BCUT2D eigenvalue weighted by Gasteiger charge is -2.36. The molecule has 1 atom stereocenters. The second-order valence-electron chi connectivity index (χ2n) is 4.77. The third-order valence-corrected chi connectivity index (χ3v) is 3.86. The molecule has 3 rings (SSSR count). The first-order valence-corrected chi connectivity index (χ1v) is 5.65. The molecular weight excluding hydrogens is 174 g/mol. The fourth-order valence-corrected chi connectivity index (χ4v) is 3.06. The van der Waals surface area contributed by atoms with Crippen molar-refractivity contribution in [3.05, 3.63) is 23.7 Å². The highest BCUT2D eigenvalue weighted by Gasteiger charge is 2.42. The summed E-state index contributed by atoms with van der Waals surface area (Å²) in [4.78, 5) is 0. The molecule has 2 nitrogen and oxygen atoms in total. The number of nitrogens with one attached hydrogen (secondary N) is 1. The van der Waals surface area contributed by atoms with Gasteiger partial charge in [0.1, 0.15) is 5.76 Å². The molecule has 1 saturated carbocycles. The van der Waals surface area contributed by atoms with Gasteiger partial charge < -0.3 is 9.73 Å². The Bertz CT molecular complexity index is 336. The number of rotatable bonds is 0. The maximum absolute atomic E-state index is 5.61. The van der Waals surface area contributed by atoms with Gasteiger partial charge in [0.05, 0.1) is 6.26 Å². The number of hydrogen-bond acceptors (Lipinski definition) is 2. The van der Waals surface area contributed by atoms with E-state index in [0.717, 1.165) is 6.54 Å². The van der Waals surface area contributed by atoms with Crippen molar-refractivity contribution in [3.8, 4) is 0 Å². The van der Waals surface area contributed by atoms with Crippen LogP contribution in [0.15, 0.2) is 16.7 Å². The summed E-state index contributed by atoms with van der Waals surface area (Å²) in [7, 11) is 0. The van der Waals surface area contributed by atoms with Gasteiger partial charge in [-0.05, 0) is 18.9 Å². The first-order valence-electron chi connectivity index (χ1n) is 5.65. The van der Waals surface area contributed by atoms with Crippen LogP contribution in [0, 0.1) is 0 Å². The molecule has 76 valence electrons. The van der Waals surface area contributed by atoms with E-state index in [1.54, 1.807) is 0 Å². The molecule has 2 aliphatic rings. The largest absolute Gasteiger partial charge is 0.469 e. The predicted octanol–water partition coefficient (Wildman–Crippen LogP) is 2.76. The summed E-state index contributed by atoms with van der Waals surface area (Å²) >= 11 is 0. The molecule has 14 heavy (non-hydrogen) atoms. The smallest absolute Gasteiger partial charge is 0.112 e. The Morgan fingerprint density at radius 3 is 3.00 bits per heavy atom. The van der Waals surface area contributed by atoms with Crippen LogP contribution in [-0.4, -0.2) is 6.54 Å². The Hall–Kier alpha value is -0.760. The SMILES string of the molecule is CC1CNC2(CCCC2)c2ccoc21. The van der Waals surface area contributed by atoms with Crippen molar-refractivity contribution < 1.29 is 4.42 Å². The molecule has 1 aliphatic heterocycles. The summed E-state index contributed by atoms with van der Waals surface area (Å²) in [6.07, 6.45) is 7.13. The predicted molar refractivity (Wildman–Crippen MR) is 55.3 cm³/mol. The van der Waals surface area contributed by atoms with Crippen LogP contribution in [0.3, 0.4) is 0 Å². The average Bonchev–Trinajstić information content (AvgIpc) is 2.82. The molecule has 1 aromatic heterocycles. The highest BCUT2D eigenvalue weighted by atomic mass is 16.3. The number of hydrogen-bond donors (Lipinski definition) is 1. The summed E-state index contributed by atoms with van der Waals surface area (Å²) in [6, 6.07) is 2.17. The topological polar surface area (TPSA) is 25.2 Å². The third kappa shape index (κ3) is 1.01. The molecule has 1 fully saturated rings. The Morgan fingerprint density at radius 1 is 1.43 bits per heavy atom. The van der Waals surface area contributed by atoms with E-state index in [1.807, 2.05) is 6.26 Å². The van der Waals surface area contributed by atoms with Crippen LogP contribution in [0.25, 0.3) is 0 Å². The zero-order chi connectivity index (χ0) is 9.60. The summed E-state index contributed by atoms with van der Waals surface area (Å²) in [5, 5.41) is 3.73. The minimum Gasteiger partial charge on any atom is -0.469 e. The Balaban J connectivity index is 2.08. The van der Waals surface area contributed by atoms with Crippen molar-refractivity contribution in [1.29, 1.82) is 0 Å². The lowest BCUT2D eigenvalue weighted by Crippen LogP contribution is -2.45. The maximum atomic E-state index is 5.61. The molecule has 2 heterocycles. The van der Waals surface area contributed by atoms with Gasteiger partial charge in [-0.2, -0.15) is 0 Å². The first-order chi connectivity index (χ1) is 6.82. The van der Waals surface area contributed by atoms with Crippen LogP contribution < -0.4 is 5.32 Å². The van der Waals surface area contributed by atoms with Crippen LogP contribution >= 0.6 is 0 Å². The summed E-state index contributed by atoms with van der Waals surface area (Å²) in [6.45, 7) is 3.30. The number of furan rings is 1. The quantitative estimate of drug-likeness (QED) is 0.682. The van der Waals surface area contributed by atoms with Gasteiger partial charge in [-0.15, -0.1) is 0 Å². The highest BCUT2D eigenvalue weighted by Crippen LogP contribution is 2.44. The van der Waals surface area contributed by atoms with Gasteiger partial charge in [-0.1, -0.05) is 19.8 Å². The normalized spacial score (nSPS) is 29.4. The van der Waals surface area contributed by atoms with E-state index in [4.69, 9.17) is 4.42 Å². The molecule has 0 saturated heterocycles. The van der Waals surface area contributed by atoms with E-state index in [0.29, 0.717) is 5.92 Å². The molecule has 0 amide bonds. The van der Waals surface area contributed by atoms with Crippen molar-refractivity contribution in [1.82, 2.24) is 5.32 Å². The van der Waals surface area contributed by atoms with E-state index in [-0.39, 0.29) is 5.54 Å². The minimum atomic E-state index is 0.273. The second-order valence-corrected chi connectivity index (χ2v) is 4.77. The summed E-state index contributed by atoms with van der Waals surface area (Å²) < 4.78 is 5.61. The lowest BCUT2D eigenvalue weighted by molar-refractivity contribution is 0.285. The fraction of sp³-hybridized carbons (Fsp3) is 0.667. The van der Waals surface area contributed by atoms with Crippen LogP contribution in [0.4, 0.5) is 0 Å². The fourth-order valence-electron chi connectivity index (χ4n) is 3.06. The summed E-state index contributed by atoms with van der Waals surface area (Å²) in [5.41, 5.74) is 1.71. The summed E-state index contributed by atoms with van der Waals surface area (Å²) in [5.74, 6) is 1.76. The van der Waals surface area contributed by atoms with Gasteiger partial charge >= 0.3 is 0 Å². The molecule has 1 unspecified atom stereocenters. The molecular formula is C12H17NO. The lowest BCUT2D eigenvalue weighted by atomic mass is 9.82. The monoisotopic (exact) mass is 191 g/mol.